The Morgan fingerprint density at radius 3 is 2.72 bits per heavy atom. The van der Waals surface area contributed by atoms with Crippen LogP contribution in [0.5, 0.6) is 5.75 Å². The van der Waals surface area contributed by atoms with Crippen LogP contribution in [0, 0.1) is 0 Å². The van der Waals surface area contributed by atoms with Gasteiger partial charge in [-0.25, -0.2) is 8.78 Å². The molecule has 0 bridgehead atoms. The Labute approximate surface area is 103 Å². The number of carbonyl (C=O) groups excluding carboxylic acids is 1. The van der Waals surface area contributed by atoms with Crippen molar-refractivity contribution in [1.82, 2.24) is 5.32 Å². The lowest BCUT2D eigenvalue weighted by molar-refractivity contribution is -0.0901. The lowest BCUT2D eigenvalue weighted by Gasteiger charge is -2.35. The molecule has 1 aromatic rings. The van der Waals surface area contributed by atoms with Crippen LogP contribution in [0.3, 0.4) is 0 Å². The second-order valence-corrected chi connectivity index (χ2v) is 4.39. The van der Waals surface area contributed by atoms with Gasteiger partial charge in [0.25, 0.3) is 11.8 Å². The number of benzene rings is 1. The van der Waals surface area contributed by atoms with E-state index in [0.717, 1.165) is 0 Å². The maximum atomic E-state index is 12.6. The third kappa shape index (κ3) is 2.52. The lowest BCUT2D eigenvalue weighted by atomic mass is 9.88. The third-order valence-electron chi connectivity index (χ3n) is 2.92. The molecule has 0 aromatic heterocycles. The zero-order valence-electron chi connectivity index (χ0n) is 9.87. The zero-order valence-corrected chi connectivity index (χ0v) is 9.87. The summed E-state index contributed by atoms with van der Waals surface area (Å²) in [5, 5.41) is 2.54. The average molecular weight is 256 g/mol. The van der Waals surface area contributed by atoms with Crippen LogP contribution in [0.15, 0.2) is 18.2 Å². The Morgan fingerprint density at radius 1 is 1.50 bits per heavy atom. The first kappa shape index (κ1) is 12.6. The molecular formula is C12H14F2N2O2. The molecule has 1 fully saturated rings. The molecule has 3 N–H and O–H groups in total. The highest BCUT2D eigenvalue weighted by Crippen LogP contribution is 2.37. The molecule has 0 atom stereocenters. The molecule has 0 spiro atoms. The smallest absolute Gasteiger partial charge is 0.252 e. The maximum absolute atomic E-state index is 12.6. The van der Waals surface area contributed by atoms with E-state index in [2.05, 4.69) is 5.32 Å². The number of carbonyl (C=O) groups is 1. The molecule has 1 aliphatic carbocycles. The molecule has 4 nitrogen and oxygen atoms in total. The Morgan fingerprint density at radius 2 is 2.17 bits per heavy atom. The summed E-state index contributed by atoms with van der Waals surface area (Å²) in [7, 11) is 1.44. The number of methoxy groups -OCH3 is 1. The van der Waals surface area contributed by atoms with E-state index in [1.165, 1.54) is 19.2 Å². The first-order valence-corrected chi connectivity index (χ1v) is 5.53. The molecule has 0 saturated heterocycles. The summed E-state index contributed by atoms with van der Waals surface area (Å²) in [5.41, 5.74) is 6.38. The second-order valence-electron chi connectivity index (χ2n) is 4.39. The van der Waals surface area contributed by atoms with Gasteiger partial charge in [0.15, 0.2) is 0 Å². The lowest BCUT2D eigenvalue weighted by Crippen LogP contribution is -2.50. The van der Waals surface area contributed by atoms with Crippen LogP contribution in [0.2, 0.25) is 0 Å². The minimum absolute atomic E-state index is 0.301. The van der Waals surface area contributed by atoms with Gasteiger partial charge in [-0.3, -0.25) is 4.79 Å². The molecule has 1 aromatic carbocycles. The largest absolute Gasteiger partial charge is 0.495 e. The summed E-state index contributed by atoms with van der Waals surface area (Å²) in [6.07, 6.45) is -0.601. The van der Waals surface area contributed by atoms with Crippen LogP contribution in [0.1, 0.15) is 23.2 Å². The molecule has 0 heterocycles. The van der Waals surface area contributed by atoms with E-state index in [4.69, 9.17) is 10.5 Å². The Kier molecular flexibility index (Phi) is 3.11. The summed E-state index contributed by atoms with van der Waals surface area (Å²) in [6, 6.07) is 4.10. The van der Waals surface area contributed by atoms with Crippen LogP contribution in [-0.4, -0.2) is 25.0 Å². The minimum Gasteiger partial charge on any atom is -0.495 e. The van der Waals surface area contributed by atoms with E-state index in [1.54, 1.807) is 6.07 Å². The zero-order chi connectivity index (χ0) is 13.3. The Hall–Kier alpha value is -1.85. The summed E-state index contributed by atoms with van der Waals surface area (Å²) in [5.74, 6) is -2.65. The number of alkyl halides is 2. The molecule has 6 heteroatoms. The summed E-state index contributed by atoms with van der Waals surface area (Å²) < 4.78 is 30.2. The van der Waals surface area contributed by atoms with Gasteiger partial charge in [0.1, 0.15) is 5.75 Å². The molecule has 0 unspecified atom stereocenters. The van der Waals surface area contributed by atoms with Gasteiger partial charge >= 0.3 is 0 Å². The number of amides is 1. The predicted octanol–water partition coefficient (Wildman–Crippen LogP) is 1.80. The fraction of sp³-hybridized carbons (Fsp3) is 0.417. The van der Waals surface area contributed by atoms with Gasteiger partial charge in [-0.05, 0) is 18.2 Å². The van der Waals surface area contributed by atoms with Crippen molar-refractivity contribution < 1.29 is 18.3 Å². The van der Waals surface area contributed by atoms with Crippen LogP contribution in [0.4, 0.5) is 14.5 Å². The van der Waals surface area contributed by atoms with E-state index < -0.39 is 17.9 Å². The number of hydrogen-bond donors (Lipinski definition) is 2. The molecule has 0 aliphatic heterocycles. The van der Waals surface area contributed by atoms with Gasteiger partial charge < -0.3 is 15.8 Å². The maximum Gasteiger partial charge on any atom is 0.252 e. The molecular weight excluding hydrogens is 242 g/mol. The predicted molar refractivity (Wildman–Crippen MR) is 62.8 cm³/mol. The molecule has 0 radical (unpaired) electrons. The number of nitrogens with two attached hydrogens (primary N) is 1. The Bertz CT molecular complexity index is 469. The fourth-order valence-corrected chi connectivity index (χ4v) is 1.88. The highest BCUT2D eigenvalue weighted by atomic mass is 19.3. The summed E-state index contributed by atoms with van der Waals surface area (Å²) in [6.45, 7) is 0. The van der Waals surface area contributed by atoms with Crippen molar-refractivity contribution in [1.29, 1.82) is 0 Å². The summed E-state index contributed by atoms with van der Waals surface area (Å²) >= 11 is 0. The van der Waals surface area contributed by atoms with Crippen LogP contribution >= 0.6 is 0 Å². The van der Waals surface area contributed by atoms with Crippen molar-refractivity contribution in [2.75, 3.05) is 12.8 Å². The molecule has 2 rings (SSSR count). The normalized spacial score (nSPS) is 17.9. The van der Waals surface area contributed by atoms with Crippen molar-refractivity contribution in [3.63, 3.8) is 0 Å². The number of nitrogens with one attached hydrogen (secondary N) is 1. The Balaban J connectivity index is 2.01. The van der Waals surface area contributed by atoms with Gasteiger partial charge in [-0.2, -0.15) is 0 Å². The quantitative estimate of drug-likeness (QED) is 0.810. The number of nitrogen functional groups attached to an aromatic ring is 1. The van der Waals surface area contributed by atoms with Gasteiger partial charge in [0, 0.05) is 24.4 Å². The number of ether oxygens (including phenoxy) is 1. The van der Waals surface area contributed by atoms with E-state index in [-0.39, 0.29) is 12.8 Å². The SMILES string of the molecule is COc1cc(C(=O)NC2CC(F)(F)C2)ccc1N. The highest BCUT2D eigenvalue weighted by molar-refractivity contribution is 5.95. The van der Waals surface area contributed by atoms with Gasteiger partial charge in [0.05, 0.1) is 12.8 Å². The van der Waals surface area contributed by atoms with E-state index >= 15 is 0 Å². The van der Waals surface area contributed by atoms with Gasteiger partial charge in [0.2, 0.25) is 0 Å². The number of anilines is 1. The number of rotatable bonds is 3. The summed E-state index contributed by atoms with van der Waals surface area (Å²) in [4.78, 5) is 11.8. The fourth-order valence-electron chi connectivity index (χ4n) is 1.88. The van der Waals surface area contributed by atoms with Gasteiger partial charge in [-0.1, -0.05) is 0 Å². The standard InChI is InChI=1S/C12H14F2N2O2/c1-18-10-4-7(2-3-9(10)15)11(17)16-8-5-12(13,14)6-8/h2-4,8H,5-6,15H2,1H3,(H,16,17). The number of halogens is 2. The highest BCUT2D eigenvalue weighted by Gasteiger charge is 2.45. The monoisotopic (exact) mass is 256 g/mol. The average Bonchev–Trinajstić information content (AvgIpc) is 2.27. The van der Waals surface area contributed by atoms with Gasteiger partial charge in [-0.15, -0.1) is 0 Å². The third-order valence-corrected chi connectivity index (χ3v) is 2.92. The van der Waals surface area contributed by atoms with Crippen LogP contribution < -0.4 is 15.8 Å². The van der Waals surface area contributed by atoms with Crippen molar-refractivity contribution in [2.24, 2.45) is 0 Å². The van der Waals surface area contributed by atoms with E-state index in [1.807, 2.05) is 0 Å². The van der Waals surface area contributed by atoms with E-state index in [9.17, 15) is 13.6 Å². The molecule has 18 heavy (non-hydrogen) atoms. The number of hydrogen-bond acceptors (Lipinski definition) is 3. The van der Waals surface area contributed by atoms with Crippen molar-refractivity contribution in [3.8, 4) is 5.75 Å². The molecule has 1 amide bonds. The van der Waals surface area contributed by atoms with Crippen LogP contribution in [0.25, 0.3) is 0 Å². The molecule has 1 aliphatic rings. The van der Waals surface area contributed by atoms with E-state index in [0.29, 0.717) is 17.0 Å². The second kappa shape index (κ2) is 4.44. The minimum atomic E-state index is -2.64. The topological polar surface area (TPSA) is 64.3 Å². The van der Waals surface area contributed by atoms with Crippen molar-refractivity contribution in [2.45, 2.75) is 24.8 Å². The molecule has 1 saturated carbocycles. The first-order valence-electron chi connectivity index (χ1n) is 5.53. The first-order chi connectivity index (χ1) is 8.41. The molecule has 98 valence electrons. The van der Waals surface area contributed by atoms with Crippen molar-refractivity contribution >= 4 is 11.6 Å². The van der Waals surface area contributed by atoms with Crippen molar-refractivity contribution in [3.05, 3.63) is 23.8 Å². The van der Waals surface area contributed by atoms with Crippen LogP contribution in [-0.2, 0) is 0 Å².